The Balaban J connectivity index is 1.88. The fourth-order valence-electron chi connectivity index (χ4n) is 4.69. The number of rotatable bonds is 6. The average molecular weight is 450 g/mol. The molecule has 0 aromatic heterocycles. The van der Waals surface area contributed by atoms with Crippen molar-refractivity contribution in [3.05, 3.63) is 75.3 Å². The van der Waals surface area contributed by atoms with Crippen molar-refractivity contribution >= 4 is 23.1 Å². The minimum atomic E-state index is -0.803. The highest BCUT2D eigenvalue weighted by Crippen LogP contribution is 2.44. The molecule has 1 atom stereocenters. The predicted octanol–water partition coefficient (Wildman–Crippen LogP) is 4.75. The molecular weight excluding hydrogens is 424 g/mol. The Morgan fingerprint density at radius 2 is 1.82 bits per heavy atom. The van der Waals surface area contributed by atoms with E-state index in [1.807, 2.05) is 13.8 Å². The van der Waals surface area contributed by atoms with E-state index in [0.717, 1.165) is 25.7 Å². The van der Waals surface area contributed by atoms with Gasteiger partial charge in [0.15, 0.2) is 0 Å². The summed E-state index contributed by atoms with van der Waals surface area (Å²) >= 11 is 0. The molecule has 0 bridgehead atoms. The van der Waals surface area contributed by atoms with Crippen molar-refractivity contribution in [3.8, 4) is 5.75 Å². The van der Waals surface area contributed by atoms with Crippen molar-refractivity contribution in [3.63, 3.8) is 0 Å². The molecule has 1 saturated carbocycles. The summed E-state index contributed by atoms with van der Waals surface area (Å²) in [6, 6.07) is 11.7. The van der Waals surface area contributed by atoms with Crippen LogP contribution in [0.5, 0.6) is 5.75 Å². The first-order chi connectivity index (χ1) is 15.8. The minimum absolute atomic E-state index is 0.0610. The molecule has 0 spiro atoms. The number of ketones is 1. The maximum Gasteiger partial charge on any atom is 0.295 e. The Morgan fingerprint density at radius 3 is 2.48 bits per heavy atom. The Hall–Kier alpha value is -3.68. The van der Waals surface area contributed by atoms with Gasteiger partial charge in [0, 0.05) is 23.7 Å². The van der Waals surface area contributed by atoms with Crippen molar-refractivity contribution in [2.45, 2.75) is 57.7 Å². The number of aliphatic hydroxyl groups is 1. The molecule has 2 aromatic rings. The van der Waals surface area contributed by atoms with E-state index in [1.54, 1.807) is 29.2 Å². The van der Waals surface area contributed by atoms with Crippen LogP contribution in [0.4, 0.5) is 5.69 Å². The number of hydrogen-bond donors (Lipinski definition) is 1. The van der Waals surface area contributed by atoms with E-state index >= 15 is 0 Å². The molecule has 1 heterocycles. The van der Waals surface area contributed by atoms with Crippen LogP contribution < -0.4 is 4.74 Å². The van der Waals surface area contributed by atoms with Crippen LogP contribution in [-0.4, -0.2) is 38.8 Å². The van der Waals surface area contributed by atoms with Crippen LogP contribution in [-0.2, 0) is 9.59 Å². The van der Waals surface area contributed by atoms with Gasteiger partial charge in [0.25, 0.3) is 17.4 Å². The molecule has 1 N–H and O–H groups in total. The number of hydrogen-bond acceptors (Lipinski definition) is 6. The molecule has 172 valence electrons. The number of likely N-dealkylation sites (tertiary alicyclic amines) is 1. The van der Waals surface area contributed by atoms with Gasteiger partial charge in [-0.05, 0) is 44.4 Å². The highest BCUT2D eigenvalue weighted by molar-refractivity contribution is 6.46. The van der Waals surface area contributed by atoms with Gasteiger partial charge >= 0.3 is 0 Å². The van der Waals surface area contributed by atoms with Crippen LogP contribution in [0.2, 0.25) is 0 Å². The smallest absolute Gasteiger partial charge is 0.295 e. The monoisotopic (exact) mass is 450 g/mol. The summed E-state index contributed by atoms with van der Waals surface area (Å²) in [4.78, 5) is 38.6. The van der Waals surface area contributed by atoms with E-state index in [0.29, 0.717) is 11.3 Å². The molecule has 0 radical (unpaired) electrons. The van der Waals surface area contributed by atoms with Crippen molar-refractivity contribution in [2.75, 3.05) is 0 Å². The number of Topliss-reactive ketones (excluding diaryl/α,β-unsaturated/α-hetero) is 1. The second kappa shape index (κ2) is 9.05. The maximum absolute atomic E-state index is 13.2. The lowest BCUT2D eigenvalue weighted by Crippen LogP contribution is -2.37. The number of benzene rings is 2. The van der Waals surface area contributed by atoms with Gasteiger partial charge in [-0.3, -0.25) is 19.7 Å². The maximum atomic E-state index is 13.2. The molecule has 4 rings (SSSR count). The van der Waals surface area contributed by atoms with Gasteiger partial charge < -0.3 is 14.7 Å². The molecule has 1 saturated heterocycles. The number of carbonyl (C=O) groups is 2. The predicted molar refractivity (Wildman–Crippen MR) is 122 cm³/mol. The van der Waals surface area contributed by atoms with E-state index in [2.05, 4.69) is 0 Å². The third kappa shape index (κ3) is 4.33. The van der Waals surface area contributed by atoms with Crippen LogP contribution in [0.3, 0.4) is 0 Å². The van der Waals surface area contributed by atoms with E-state index in [-0.39, 0.29) is 29.0 Å². The molecule has 1 aliphatic heterocycles. The summed E-state index contributed by atoms with van der Waals surface area (Å²) in [7, 11) is 0. The van der Waals surface area contributed by atoms with Gasteiger partial charge in [0.2, 0.25) is 0 Å². The van der Waals surface area contributed by atoms with Gasteiger partial charge in [0.05, 0.1) is 22.6 Å². The number of carbonyl (C=O) groups excluding carboxylic acids is 2. The second-order valence-corrected chi connectivity index (χ2v) is 8.69. The highest BCUT2D eigenvalue weighted by Gasteiger charge is 2.49. The van der Waals surface area contributed by atoms with Crippen LogP contribution >= 0.6 is 0 Å². The van der Waals surface area contributed by atoms with Crippen LogP contribution in [0.15, 0.2) is 54.1 Å². The normalized spacial score (nSPS) is 20.6. The first-order valence-corrected chi connectivity index (χ1v) is 11.1. The number of amides is 1. The van der Waals surface area contributed by atoms with Crippen molar-refractivity contribution in [2.24, 2.45) is 0 Å². The number of nitrogens with zero attached hydrogens (tertiary/aromatic N) is 2. The molecular formula is C25H26N2O6. The zero-order chi connectivity index (χ0) is 23.7. The van der Waals surface area contributed by atoms with Crippen LogP contribution in [0, 0.1) is 10.1 Å². The summed E-state index contributed by atoms with van der Waals surface area (Å²) in [6.45, 7) is 3.80. The third-order valence-electron chi connectivity index (χ3n) is 6.07. The lowest BCUT2D eigenvalue weighted by Gasteiger charge is -2.31. The average Bonchev–Trinajstić information content (AvgIpc) is 3.40. The van der Waals surface area contributed by atoms with Gasteiger partial charge in [0.1, 0.15) is 11.5 Å². The second-order valence-electron chi connectivity index (χ2n) is 8.69. The molecule has 2 aromatic carbocycles. The molecule has 2 fully saturated rings. The van der Waals surface area contributed by atoms with E-state index < -0.39 is 28.4 Å². The Morgan fingerprint density at radius 1 is 1.12 bits per heavy atom. The number of ether oxygens (including phenoxy) is 1. The topological polar surface area (TPSA) is 110 Å². The van der Waals surface area contributed by atoms with E-state index in [9.17, 15) is 24.8 Å². The molecule has 1 aliphatic carbocycles. The first kappa shape index (κ1) is 22.5. The molecule has 8 nitrogen and oxygen atoms in total. The highest BCUT2D eigenvalue weighted by atomic mass is 16.6. The summed E-state index contributed by atoms with van der Waals surface area (Å²) in [5.41, 5.74) is 0.487. The minimum Gasteiger partial charge on any atom is -0.507 e. The standard InChI is InChI=1S/C25H26N2O6/c1-15(2)33-20-12-6-7-16(14-20)22-21(23(28)17-8-5-11-19(13-17)27(31)32)24(29)25(30)26(22)18-9-3-4-10-18/h5-8,11-15,18,22,28H,3-4,9-10H2,1-2H3/b23-21-. The van der Waals surface area contributed by atoms with Gasteiger partial charge in [-0.1, -0.05) is 37.1 Å². The quantitative estimate of drug-likeness (QED) is 0.224. The number of nitro benzene ring substituents is 1. The molecule has 1 unspecified atom stereocenters. The Bertz CT molecular complexity index is 1130. The SMILES string of the molecule is CC(C)Oc1cccc(C2/C(=C(/O)c3cccc([N+](=O)[O-])c3)C(=O)C(=O)N2C2CCCC2)c1. The van der Waals surface area contributed by atoms with E-state index in [4.69, 9.17) is 4.74 Å². The van der Waals surface area contributed by atoms with Crippen molar-refractivity contribution in [1.82, 2.24) is 4.90 Å². The number of nitro groups is 1. The van der Waals surface area contributed by atoms with E-state index in [1.165, 1.54) is 24.3 Å². The Kier molecular flexibility index (Phi) is 6.18. The summed E-state index contributed by atoms with van der Waals surface area (Å²) in [5.74, 6) is -1.27. The largest absolute Gasteiger partial charge is 0.507 e. The molecule has 1 amide bonds. The molecule has 8 heteroatoms. The fourth-order valence-corrected chi connectivity index (χ4v) is 4.69. The molecule has 2 aliphatic rings. The lowest BCUT2D eigenvalue weighted by molar-refractivity contribution is -0.384. The summed E-state index contributed by atoms with van der Waals surface area (Å²) in [5, 5.41) is 22.4. The number of aliphatic hydroxyl groups excluding tert-OH is 1. The van der Waals surface area contributed by atoms with Crippen LogP contribution in [0.25, 0.3) is 5.76 Å². The zero-order valence-electron chi connectivity index (χ0n) is 18.6. The first-order valence-electron chi connectivity index (χ1n) is 11.1. The fraction of sp³-hybridized carbons (Fsp3) is 0.360. The van der Waals surface area contributed by atoms with Crippen molar-refractivity contribution < 1.29 is 24.4 Å². The lowest BCUT2D eigenvalue weighted by atomic mass is 9.94. The number of non-ortho nitro benzene ring substituents is 1. The van der Waals surface area contributed by atoms with Gasteiger partial charge in [-0.15, -0.1) is 0 Å². The van der Waals surface area contributed by atoms with Crippen molar-refractivity contribution in [1.29, 1.82) is 0 Å². The van der Waals surface area contributed by atoms with Gasteiger partial charge in [-0.2, -0.15) is 0 Å². The van der Waals surface area contributed by atoms with Gasteiger partial charge in [-0.25, -0.2) is 0 Å². The Labute approximate surface area is 191 Å². The summed E-state index contributed by atoms with van der Waals surface area (Å²) < 4.78 is 5.81. The zero-order valence-corrected chi connectivity index (χ0v) is 18.6. The summed E-state index contributed by atoms with van der Waals surface area (Å²) in [6.07, 6.45) is 3.42. The molecule has 33 heavy (non-hydrogen) atoms. The van der Waals surface area contributed by atoms with Crippen LogP contribution in [0.1, 0.15) is 56.7 Å². The third-order valence-corrected chi connectivity index (χ3v) is 6.07.